The number of hydrogen-bond acceptors (Lipinski definition) is 1. The number of ether oxygens (including phenoxy) is 1. The van der Waals surface area contributed by atoms with E-state index in [0.29, 0.717) is 0 Å². The predicted molar refractivity (Wildman–Crippen MR) is 79.1 cm³/mol. The lowest BCUT2D eigenvalue weighted by Crippen LogP contribution is -1.99. The molecule has 1 nitrogen and oxygen atoms in total. The lowest BCUT2D eigenvalue weighted by atomic mass is 10.1. The van der Waals surface area contributed by atoms with Crippen LogP contribution in [0.1, 0.15) is 17.5 Å². The van der Waals surface area contributed by atoms with E-state index in [2.05, 4.69) is 47.1 Å². The van der Waals surface area contributed by atoms with Crippen LogP contribution < -0.4 is 4.74 Å². The van der Waals surface area contributed by atoms with Crippen LogP contribution in [0.4, 0.5) is 0 Å². The van der Waals surface area contributed by atoms with Crippen LogP contribution in [0.25, 0.3) is 0 Å². The van der Waals surface area contributed by atoms with Gasteiger partial charge in [0.25, 0.3) is 0 Å². The molecule has 0 N–H and O–H groups in total. The van der Waals surface area contributed by atoms with Crippen molar-refractivity contribution in [2.45, 2.75) is 19.8 Å². The smallest absolute Gasteiger partial charge is 0.133 e. The molecule has 0 amide bonds. The van der Waals surface area contributed by atoms with Gasteiger partial charge in [-0.3, -0.25) is 0 Å². The van der Waals surface area contributed by atoms with Crippen molar-refractivity contribution in [1.82, 2.24) is 0 Å². The van der Waals surface area contributed by atoms with Gasteiger partial charge in [-0.1, -0.05) is 42.0 Å². The van der Waals surface area contributed by atoms with Crippen molar-refractivity contribution < 1.29 is 4.74 Å². The molecule has 0 aromatic heterocycles. The summed E-state index contributed by atoms with van der Waals surface area (Å²) in [4.78, 5) is 0. The average molecular weight is 305 g/mol. The topological polar surface area (TPSA) is 9.23 Å². The molecule has 2 aromatic rings. The Hall–Kier alpha value is -1.28. The van der Waals surface area contributed by atoms with Gasteiger partial charge < -0.3 is 4.74 Å². The first-order chi connectivity index (χ1) is 8.75. The molecule has 0 heterocycles. The van der Waals surface area contributed by atoms with Gasteiger partial charge in [-0.15, -0.1) is 0 Å². The molecule has 0 spiro atoms. The van der Waals surface area contributed by atoms with Crippen molar-refractivity contribution in [2.75, 3.05) is 6.61 Å². The summed E-state index contributed by atoms with van der Waals surface area (Å²) in [5.41, 5.74) is 2.68. The van der Waals surface area contributed by atoms with Gasteiger partial charge in [0.15, 0.2) is 0 Å². The summed E-state index contributed by atoms with van der Waals surface area (Å²) in [6.07, 6.45) is 2.09. The Morgan fingerprint density at radius 2 is 1.72 bits per heavy atom. The molecule has 0 aliphatic carbocycles. The zero-order valence-electron chi connectivity index (χ0n) is 10.5. The van der Waals surface area contributed by atoms with E-state index in [1.54, 1.807) is 0 Å². The van der Waals surface area contributed by atoms with Crippen molar-refractivity contribution in [3.05, 3.63) is 64.1 Å². The number of rotatable bonds is 5. The largest absolute Gasteiger partial charge is 0.492 e. The molecule has 2 heteroatoms. The van der Waals surface area contributed by atoms with E-state index < -0.39 is 0 Å². The Morgan fingerprint density at radius 3 is 2.44 bits per heavy atom. The molecular weight excluding hydrogens is 288 g/mol. The summed E-state index contributed by atoms with van der Waals surface area (Å²) in [6.45, 7) is 2.86. The molecule has 2 aromatic carbocycles. The van der Waals surface area contributed by atoms with Crippen LogP contribution in [0.5, 0.6) is 5.75 Å². The molecule has 18 heavy (non-hydrogen) atoms. The number of hydrogen-bond donors (Lipinski definition) is 0. The van der Waals surface area contributed by atoms with E-state index in [1.807, 2.05) is 24.3 Å². The molecule has 0 saturated heterocycles. The maximum Gasteiger partial charge on any atom is 0.133 e. The maximum atomic E-state index is 5.74. The van der Waals surface area contributed by atoms with E-state index in [4.69, 9.17) is 4.74 Å². The lowest BCUT2D eigenvalue weighted by Gasteiger charge is -2.07. The Balaban J connectivity index is 1.76. The summed E-state index contributed by atoms with van der Waals surface area (Å²) in [5.74, 6) is 0.918. The van der Waals surface area contributed by atoms with E-state index >= 15 is 0 Å². The van der Waals surface area contributed by atoms with Crippen molar-refractivity contribution >= 4 is 15.9 Å². The molecule has 0 atom stereocenters. The van der Waals surface area contributed by atoms with E-state index in [-0.39, 0.29) is 0 Å². The average Bonchev–Trinajstić information content (AvgIpc) is 2.39. The van der Waals surface area contributed by atoms with Crippen LogP contribution in [0.15, 0.2) is 53.0 Å². The third-order valence-corrected chi connectivity index (χ3v) is 3.48. The zero-order chi connectivity index (χ0) is 12.8. The van der Waals surface area contributed by atoms with Gasteiger partial charge in [-0.2, -0.15) is 0 Å². The minimum atomic E-state index is 0.747. The Bertz CT molecular complexity index is 491. The first-order valence-corrected chi connectivity index (χ1v) is 6.98. The molecule has 0 bridgehead atoms. The summed E-state index contributed by atoms with van der Waals surface area (Å²) in [5, 5.41) is 0. The lowest BCUT2D eigenvalue weighted by molar-refractivity contribution is 0.309. The van der Waals surface area contributed by atoms with E-state index in [9.17, 15) is 0 Å². The number of benzene rings is 2. The van der Waals surface area contributed by atoms with Gasteiger partial charge in [0, 0.05) is 0 Å². The fraction of sp³-hybridized carbons (Fsp3) is 0.250. The number of para-hydroxylation sites is 1. The first kappa shape index (κ1) is 13.2. The van der Waals surface area contributed by atoms with Crippen molar-refractivity contribution in [1.29, 1.82) is 0 Å². The van der Waals surface area contributed by atoms with E-state index in [1.165, 1.54) is 11.1 Å². The van der Waals surface area contributed by atoms with Gasteiger partial charge in [-0.25, -0.2) is 0 Å². The van der Waals surface area contributed by atoms with Crippen LogP contribution >= 0.6 is 15.9 Å². The van der Waals surface area contributed by atoms with Crippen LogP contribution in [0, 0.1) is 6.92 Å². The van der Waals surface area contributed by atoms with Gasteiger partial charge >= 0.3 is 0 Å². The fourth-order valence-electron chi connectivity index (χ4n) is 1.77. The summed E-state index contributed by atoms with van der Waals surface area (Å²) in [7, 11) is 0. The third-order valence-electron chi connectivity index (χ3n) is 2.82. The highest BCUT2D eigenvalue weighted by atomic mass is 79.9. The minimum absolute atomic E-state index is 0.747. The second kappa shape index (κ2) is 6.60. The monoisotopic (exact) mass is 304 g/mol. The molecule has 0 saturated carbocycles. The molecule has 0 radical (unpaired) electrons. The first-order valence-electron chi connectivity index (χ1n) is 6.18. The minimum Gasteiger partial charge on any atom is -0.492 e. The maximum absolute atomic E-state index is 5.74. The highest BCUT2D eigenvalue weighted by Gasteiger charge is 1.99. The Labute approximate surface area is 117 Å². The second-order valence-corrected chi connectivity index (χ2v) is 5.22. The van der Waals surface area contributed by atoms with Crippen molar-refractivity contribution in [3.8, 4) is 5.75 Å². The van der Waals surface area contributed by atoms with E-state index in [0.717, 1.165) is 29.7 Å². The second-order valence-electron chi connectivity index (χ2n) is 4.37. The van der Waals surface area contributed by atoms with Crippen molar-refractivity contribution in [2.24, 2.45) is 0 Å². The zero-order valence-corrected chi connectivity index (χ0v) is 12.1. The highest BCUT2D eigenvalue weighted by molar-refractivity contribution is 9.10. The van der Waals surface area contributed by atoms with Gasteiger partial charge in [0.1, 0.15) is 5.75 Å². The molecule has 0 aliphatic heterocycles. The molecular formula is C16H17BrO. The Morgan fingerprint density at radius 1 is 1.00 bits per heavy atom. The van der Waals surface area contributed by atoms with Gasteiger partial charge in [-0.05, 0) is 53.4 Å². The SMILES string of the molecule is Cc1ccc(CCCOc2ccccc2Br)cc1. The predicted octanol–water partition coefficient (Wildman–Crippen LogP) is 4.77. The number of halogens is 1. The Kier molecular flexibility index (Phi) is 4.82. The van der Waals surface area contributed by atoms with Gasteiger partial charge in [0.05, 0.1) is 11.1 Å². The molecule has 0 aliphatic rings. The van der Waals surface area contributed by atoms with Crippen LogP contribution in [-0.2, 0) is 6.42 Å². The fourth-order valence-corrected chi connectivity index (χ4v) is 2.17. The number of aryl methyl sites for hydroxylation is 2. The molecule has 0 fully saturated rings. The standard InChI is InChI=1S/C16H17BrO/c1-13-8-10-14(11-9-13)5-4-12-18-16-7-3-2-6-15(16)17/h2-3,6-11H,4-5,12H2,1H3. The van der Waals surface area contributed by atoms with Gasteiger partial charge in [0.2, 0.25) is 0 Å². The highest BCUT2D eigenvalue weighted by Crippen LogP contribution is 2.23. The normalized spacial score (nSPS) is 10.3. The molecule has 0 unspecified atom stereocenters. The van der Waals surface area contributed by atoms with Crippen LogP contribution in [0.2, 0.25) is 0 Å². The summed E-state index contributed by atoms with van der Waals surface area (Å²) < 4.78 is 6.75. The van der Waals surface area contributed by atoms with Crippen LogP contribution in [0.3, 0.4) is 0 Å². The molecule has 94 valence electrons. The third kappa shape index (κ3) is 3.88. The summed E-state index contributed by atoms with van der Waals surface area (Å²) in [6, 6.07) is 16.6. The van der Waals surface area contributed by atoms with Crippen molar-refractivity contribution in [3.63, 3.8) is 0 Å². The van der Waals surface area contributed by atoms with Crippen LogP contribution in [-0.4, -0.2) is 6.61 Å². The quantitative estimate of drug-likeness (QED) is 0.723. The summed E-state index contributed by atoms with van der Waals surface area (Å²) >= 11 is 3.48. The molecule has 2 rings (SSSR count).